The number of rotatable bonds is 9. The van der Waals surface area contributed by atoms with E-state index in [1.54, 1.807) is 18.1 Å². The summed E-state index contributed by atoms with van der Waals surface area (Å²) in [5.41, 5.74) is 2.79. The minimum atomic E-state index is -3.49. The van der Waals surface area contributed by atoms with Crippen molar-refractivity contribution in [3.05, 3.63) is 59.0 Å². The van der Waals surface area contributed by atoms with Crippen LogP contribution in [0.1, 0.15) is 18.4 Å². The van der Waals surface area contributed by atoms with E-state index in [2.05, 4.69) is 16.6 Å². The number of nitrogens with zero attached hydrogens (tertiary/aromatic N) is 1. The number of benzene rings is 2. The maximum absolute atomic E-state index is 12.7. The number of aliphatic hydroxyl groups excluding tert-OH is 1. The molecule has 1 aliphatic rings. The molecule has 0 unspecified atom stereocenters. The largest absolute Gasteiger partial charge is 0.497 e. The van der Waals surface area contributed by atoms with E-state index in [4.69, 9.17) is 16.3 Å². The molecule has 1 saturated heterocycles. The predicted molar refractivity (Wildman–Crippen MR) is 130 cm³/mol. The van der Waals surface area contributed by atoms with Gasteiger partial charge in [-0.2, -0.15) is 0 Å². The molecule has 0 aromatic heterocycles. The van der Waals surface area contributed by atoms with Crippen LogP contribution in [0, 0.1) is 0 Å². The first-order chi connectivity index (χ1) is 15.8. The number of hydrogen-bond acceptors (Lipinski definition) is 6. The molecule has 2 aromatic carbocycles. The van der Waals surface area contributed by atoms with Gasteiger partial charge in [0.25, 0.3) is 0 Å². The minimum absolute atomic E-state index is 0.0369. The Kier molecular flexibility index (Phi) is 8.36. The lowest BCUT2D eigenvalue weighted by molar-refractivity contribution is -0.130. The molecule has 0 aliphatic carbocycles. The van der Waals surface area contributed by atoms with Crippen molar-refractivity contribution in [2.24, 2.45) is 0 Å². The summed E-state index contributed by atoms with van der Waals surface area (Å²) >= 11 is 6.45. The molecular formula is C23H28ClN3O5S. The zero-order valence-corrected chi connectivity index (χ0v) is 20.0. The van der Waals surface area contributed by atoms with Crippen LogP contribution in [0.2, 0.25) is 5.02 Å². The van der Waals surface area contributed by atoms with E-state index in [0.717, 1.165) is 16.5 Å². The van der Waals surface area contributed by atoms with Crippen molar-refractivity contribution in [3.8, 4) is 16.9 Å². The van der Waals surface area contributed by atoms with Gasteiger partial charge in [0.05, 0.1) is 20.3 Å². The molecule has 1 heterocycles. The van der Waals surface area contributed by atoms with Gasteiger partial charge >= 0.3 is 0 Å². The summed E-state index contributed by atoms with van der Waals surface area (Å²) in [5.74, 6) is 0.583. The Labute approximate surface area is 199 Å². The van der Waals surface area contributed by atoms with E-state index >= 15 is 0 Å². The first kappa shape index (κ1) is 25.0. The summed E-state index contributed by atoms with van der Waals surface area (Å²) in [6, 6.07) is 10.7. The maximum atomic E-state index is 12.7. The molecule has 0 bridgehead atoms. The number of piperidine rings is 1. The molecule has 0 radical (unpaired) electrons. The average Bonchev–Trinajstić information content (AvgIpc) is 2.83. The van der Waals surface area contributed by atoms with Crippen LogP contribution in [0.3, 0.4) is 0 Å². The first-order valence-corrected chi connectivity index (χ1v) is 12.4. The van der Waals surface area contributed by atoms with Crippen molar-refractivity contribution >= 4 is 33.2 Å². The van der Waals surface area contributed by atoms with Gasteiger partial charge in [-0.1, -0.05) is 30.3 Å². The minimum Gasteiger partial charge on any atom is -0.497 e. The topological polar surface area (TPSA) is 108 Å². The highest BCUT2D eigenvalue weighted by atomic mass is 35.5. The molecule has 1 aliphatic heterocycles. The van der Waals surface area contributed by atoms with Gasteiger partial charge < -0.3 is 20.1 Å². The van der Waals surface area contributed by atoms with E-state index in [-0.39, 0.29) is 25.1 Å². The van der Waals surface area contributed by atoms with Gasteiger partial charge in [0.15, 0.2) is 0 Å². The summed E-state index contributed by atoms with van der Waals surface area (Å²) in [6.07, 6.45) is 1.06. The quantitative estimate of drug-likeness (QED) is 0.495. The number of carbonyl (C=O) groups excluding carboxylic acids is 1. The normalized spacial score (nSPS) is 14.7. The van der Waals surface area contributed by atoms with E-state index in [0.29, 0.717) is 48.0 Å². The van der Waals surface area contributed by atoms with Crippen LogP contribution in [-0.2, 0) is 21.4 Å². The van der Waals surface area contributed by atoms with Crippen LogP contribution < -0.4 is 14.8 Å². The van der Waals surface area contributed by atoms with Crippen molar-refractivity contribution in [1.82, 2.24) is 9.62 Å². The summed E-state index contributed by atoms with van der Waals surface area (Å²) in [7, 11) is -1.90. The number of methoxy groups -OCH3 is 1. The van der Waals surface area contributed by atoms with Crippen molar-refractivity contribution < 1.29 is 23.1 Å². The molecule has 8 nitrogen and oxygen atoms in total. The zero-order valence-electron chi connectivity index (χ0n) is 18.4. The van der Waals surface area contributed by atoms with Crippen molar-refractivity contribution in [2.45, 2.75) is 25.5 Å². The fourth-order valence-electron chi connectivity index (χ4n) is 3.73. The second-order valence-electron chi connectivity index (χ2n) is 7.72. The highest BCUT2D eigenvalue weighted by molar-refractivity contribution is 7.92. The van der Waals surface area contributed by atoms with E-state index in [1.165, 1.54) is 0 Å². The molecule has 1 fully saturated rings. The average molecular weight is 494 g/mol. The van der Waals surface area contributed by atoms with Crippen LogP contribution in [0.4, 0.5) is 5.69 Å². The zero-order chi connectivity index (χ0) is 24.0. The lowest BCUT2D eigenvalue weighted by Gasteiger charge is -2.32. The summed E-state index contributed by atoms with van der Waals surface area (Å²) in [4.78, 5) is 14.4. The number of hydrogen-bond donors (Lipinski definition) is 3. The number of amides is 1. The van der Waals surface area contributed by atoms with Gasteiger partial charge in [0, 0.05) is 46.4 Å². The highest BCUT2D eigenvalue weighted by Crippen LogP contribution is 2.34. The van der Waals surface area contributed by atoms with Gasteiger partial charge in [0.1, 0.15) is 5.75 Å². The Morgan fingerprint density at radius 1 is 1.30 bits per heavy atom. The lowest BCUT2D eigenvalue weighted by atomic mass is 10.0. The summed E-state index contributed by atoms with van der Waals surface area (Å²) < 4.78 is 31.1. The van der Waals surface area contributed by atoms with Gasteiger partial charge in [0.2, 0.25) is 15.9 Å². The Morgan fingerprint density at radius 3 is 2.67 bits per heavy atom. The SMILES string of the molecule is C=CS(=O)(=O)NC1CCN(C(=O)CNc2cc(-c3cccc(OC)c3)c(Cl)cc2CO)CC1. The smallest absolute Gasteiger partial charge is 0.241 e. The second kappa shape index (κ2) is 11.0. The van der Waals surface area contributed by atoms with E-state index < -0.39 is 10.0 Å². The van der Waals surface area contributed by atoms with E-state index in [9.17, 15) is 18.3 Å². The number of likely N-dealkylation sites (tertiary alicyclic amines) is 1. The Hall–Kier alpha value is -2.59. The number of nitrogens with one attached hydrogen (secondary N) is 2. The molecule has 1 amide bonds. The third kappa shape index (κ3) is 6.48. The van der Waals surface area contributed by atoms with Crippen molar-refractivity contribution in [2.75, 3.05) is 32.1 Å². The molecule has 178 valence electrons. The number of ether oxygens (including phenoxy) is 1. The summed E-state index contributed by atoms with van der Waals surface area (Å²) in [6.45, 7) is 4.00. The number of anilines is 1. The molecule has 33 heavy (non-hydrogen) atoms. The maximum Gasteiger partial charge on any atom is 0.241 e. The third-order valence-electron chi connectivity index (χ3n) is 5.57. The fourth-order valence-corrected chi connectivity index (χ4v) is 4.82. The van der Waals surface area contributed by atoms with Gasteiger partial charge in [-0.15, -0.1) is 0 Å². The van der Waals surface area contributed by atoms with Crippen LogP contribution in [0.25, 0.3) is 11.1 Å². The molecule has 10 heteroatoms. The highest BCUT2D eigenvalue weighted by Gasteiger charge is 2.25. The van der Waals surface area contributed by atoms with E-state index in [1.807, 2.05) is 30.3 Å². The number of aliphatic hydroxyl groups is 1. The monoisotopic (exact) mass is 493 g/mol. The standard InChI is InChI=1S/C23H28ClN3O5S/c1-3-33(30,31)26-18-7-9-27(10-8-18)23(29)14-25-22-13-20(21(24)12-17(22)15-28)16-5-4-6-19(11-16)32-2/h3-6,11-13,18,25-26,28H,1,7-10,14-15H2,2H3. The number of halogens is 1. The molecule has 0 spiro atoms. The predicted octanol–water partition coefficient (Wildman–Crippen LogP) is 2.97. The van der Waals surface area contributed by atoms with Crippen LogP contribution in [0.5, 0.6) is 5.75 Å². The van der Waals surface area contributed by atoms with Crippen LogP contribution in [-0.4, -0.2) is 57.1 Å². The molecular weight excluding hydrogens is 466 g/mol. The molecule has 0 saturated carbocycles. The number of carbonyl (C=O) groups is 1. The van der Waals surface area contributed by atoms with Crippen LogP contribution in [0.15, 0.2) is 48.4 Å². The lowest BCUT2D eigenvalue weighted by Crippen LogP contribution is -2.47. The van der Waals surface area contributed by atoms with Gasteiger partial charge in [-0.25, -0.2) is 13.1 Å². The first-order valence-electron chi connectivity index (χ1n) is 10.5. The number of sulfonamides is 1. The Bertz CT molecular complexity index is 1120. The van der Waals surface area contributed by atoms with Crippen LogP contribution >= 0.6 is 11.6 Å². The van der Waals surface area contributed by atoms with Crippen molar-refractivity contribution in [1.29, 1.82) is 0 Å². The molecule has 2 aromatic rings. The third-order valence-corrected chi connectivity index (χ3v) is 6.99. The molecule has 3 N–H and O–H groups in total. The fraction of sp³-hybridized carbons (Fsp3) is 0.348. The van der Waals surface area contributed by atoms with Gasteiger partial charge in [-0.3, -0.25) is 4.79 Å². The molecule has 3 rings (SSSR count). The molecule has 0 atom stereocenters. The van der Waals surface area contributed by atoms with Crippen molar-refractivity contribution in [3.63, 3.8) is 0 Å². The van der Waals surface area contributed by atoms with Gasteiger partial charge in [-0.05, 0) is 42.7 Å². The second-order valence-corrected chi connectivity index (χ2v) is 9.78. The Balaban J connectivity index is 1.67. The Morgan fingerprint density at radius 2 is 2.03 bits per heavy atom. The summed E-state index contributed by atoms with van der Waals surface area (Å²) in [5, 5.41) is 14.3.